The summed E-state index contributed by atoms with van der Waals surface area (Å²) >= 11 is 0. The van der Waals surface area contributed by atoms with E-state index in [4.69, 9.17) is 4.42 Å². The van der Waals surface area contributed by atoms with Crippen LogP contribution in [-0.4, -0.2) is 16.5 Å². The van der Waals surface area contributed by atoms with Gasteiger partial charge < -0.3 is 9.73 Å². The minimum absolute atomic E-state index is 0.739. The fourth-order valence-corrected chi connectivity index (χ4v) is 2.33. The Morgan fingerprint density at radius 2 is 1.95 bits per heavy atom. The lowest BCUT2D eigenvalue weighted by molar-refractivity contribution is 0.628. The second-order valence-electron chi connectivity index (χ2n) is 5.26. The maximum absolute atomic E-state index is 5.91. The summed E-state index contributed by atoms with van der Waals surface area (Å²) in [5, 5.41) is 4.40. The molecule has 4 heteroatoms. The molecule has 0 atom stereocenters. The zero-order chi connectivity index (χ0) is 14.8. The van der Waals surface area contributed by atoms with Gasteiger partial charge in [0.2, 0.25) is 0 Å². The molecule has 4 nitrogen and oxygen atoms in total. The summed E-state index contributed by atoms with van der Waals surface area (Å²) in [6.45, 7) is 7.00. The molecule has 0 spiro atoms. The Kier molecular flexibility index (Phi) is 3.60. The second kappa shape index (κ2) is 5.56. The van der Waals surface area contributed by atoms with Gasteiger partial charge in [-0.1, -0.05) is 18.6 Å². The lowest BCUT2D eigenvalue weighted by atomic mass is 10.2. The smallest absolute Gasteiger partial charge is 0.154 e. The third kappa shape index (κ3) is 2.89. The van der Waals surface area contributed by atoms with Crippen LogP contribution in [0.15, 0.2) is 34.7 Å². The SMILES string of the molecule is CCCNc1cc(-c2cc3cc(C)ccc3o2)nc(C)n1. The average Bonchev–Trinajstić information content (AvgIpc) is 2.87. The molecule has 0 aliphatic carbocycles. The number of hydrogen-bond acceptors (Lipinski definition) is 4. The van der Waals surface area contributed by atoms with E-state index in [0.29, 0.717) is 0 Å². The monoisotopic (exact) mass is 281 g/mol. The Labute approximate surface area is 124 Å². The summed E-state index contributed by atoms with van der Waals surface area (Å²) in [5.41, 5.74) is 2.92. The second-order valence-corrected chi connectivity index (χ2v) is 5.26. The van der Waals surface area contributed by atoms with Crippen molar-refractivity contribution in [1.29, 1.82) is 0 Å². The Balaban J connectivity index is 2.02. The van der Waals surface area contributed by atoms with Crippen molar-refractivity contribution in [2.24, 2.45) is 0 Å². The number of nitrogens with zero attached hydrogens (tertiary/aromatic N) is 2. The van der Waals surface area contributed by atoms with E-state index in [-0.39, 0.29) is 0 Å². The topological polar surface area (TPSA) is 51.0 Å². The van der Waals surface area contributed by atoms with E-state index in [0.717, 1.165) is 47.0 Å². The third-order valence-corrected chi connectivity index (χ3v) is 3.32. The van der Waals surface area contributed by atoms with E-state index >= 15 is 0 Å². The Morgan fingerprint density at radius 1 is 1.10 bits per heavy atom. The van der Waals surface area contributed by atoms with Gasteiger partial charge in [0.15, 0.2) is 5.76 Å². The lowest BCUT2D eigenvalue weighted by Gasteiger charge is -2.06. The minimum Gasteiger partial charge on any atom is -0.454 e. The predicted octanol–water partition coefficient (Wildman–Crippen LogP) is 4.33. The van der Waals surface area contributed by atoms with Gasteiger partial charge in [0.25, 0.3) is 0 Å². The van der Waals surface area contributed by atoms with Crippen LogP contribution < -0.4 is 5.32 Å². The van der Waals surface area contributed by atoms with Crippen molar-refractivity contribution in [1.82, 2.24) is 9.97 Å². The molecule has 2 aromatic heterocycles. The van der Waals surface area contributed by atoms with Gasteiger partial charge in [0, 0.05) is 18.0 Å². The van der Waals surface area contributed by atoms with Crippen molar-refractivity contribution in [3.63, 3.8) is 0 Å². The Morgan fingerprint density at radius 3 is 2.76 bits per heavy atom. The molecule has 0 saturated heterocycles. The standard InChI is InChI=1S/C17H19N3O/c1-4-7-18-17-10-14(19-12(3)20-17)16-9-13-8-11(2)5-6-15(13)21-16/h5-6,8-10H,4,7H2,1-3H3,(H,18,19,20). The van der Waals surface area contributed by atoms with Gasteiger partial charge in [-0.05, 0) is 38.5 Å². The molecule has 1 aromatic carbocycles. The maximum Gasteiger partial charge on any atom is 0.154 e. The van der Waals surface area contributed by atoms with Gasteiger partial charge in [-0.3, -0.25) is 0 Å². The molecule has 0 radical (unpaired) electrons. The minimum atomic E-state index is 0.739. The summed E-state index contributed by atoms with van der Waals surface area (Å²) in [6.07, 6.45) is 1.06. The fourth-order valence-electron chi connectivity index (χ4n) is 2.33. The highest BCUT2D eigenvalue weighted by atomic mass is 16.3. The van der Waals surface area contributed by atoms with Crippen molar-refractivity contribution in [3.8, 4) is 11.5 Å². The molecule has 0 unspecified atom stereocenters. The van der Waals surface area contributed by atoms with E-state index in [2.05, 4.69) is 41.3 Å². The summed E-state index contributed by atoms with van der Waals surface area (Å²) in [6, 6.07) is 10.1. The predicted molar refractivity (Wildman–Crippen MR) is 85.5 cm³/mol. The Hall–Kier alpha value is -2.36. The van der Waals surface area contributed by atoms with Crippen molar-refractivity contribution < 1.29 is 4.42 Å². The van der Waals surface area contributed by atoms with Crippen molar-refractivity contribution >= 4 is 16.8 Å². The molecule has 2 heterocycles. The molecule has 0 fully saturated rings. The Bertz CT molecular complexity index is 777. The first kappa shape index (κ1) is 13.6. The van der Waals surface area contributed by atoms with Crippen LogP contribution in [-0.2, 0) is 0 Å². The van der Waals surface area contributed by atoms with Crippen LogP contribution in [0, 0.1) is 13.8 Å². The van der Waals surface area contributed by atoms with Crippen LogP contribution in [0.4, 0.5) is 5.82 Å². The highest BCUT2D eigenvalue weighted by Gasteiger charge is 2.10. The van der Waals surface area contributed by atoms with Crippen molar-refractivity contribution in [2.45, 2.75) is 27.2 Å². The fraction of sp³-hybridized carbons (Fsp3) is 0.294. The summed E-state index contributed by atoms with van der Waals surface area (Å²) in [7, 11) is 0. The van der Waals surface area contributed by atoms with Crippen LogP contribution in [0.5, 0.6) is 0 Å². The lowest BCUT2D eigenvalue weighted by Crippen LogP contribution is -2.04. The van der Waals surface area contributed by atoms with Gasteiger partial charge in [-0.2, -0.15) is 0 Å². The van der Waals surface area contributed by atoms with Crippen molar-refractivity contribution in [2.75, 3.05) is 11.9 Å². The normalized spacial score (nSPS) is 11.0. The quantitative estimate of drug-likeness (QED) is 0.773. The number of anilines is 1. The first-order valence-corrected chi connectivity index (χ1v) is 7.26. The number of aromatic nitrogens is 2. The molecule has 0 aliphatic rings. The molecule has 3 aromatic rings. The molecule has 108 valence electrons. The molecule has 0 bridgehead atoms. The van der Waals surface area contributed by atoms with E-state index in [9.17, 15) is 0 Å². The number of fused-ring (bicyclic) bond motifs is 1. The summed E-state index contributed by atoms with van der Waals surface area (Å²) in [4.78, 5) is 8.89. The number of aryl methyl sites for hydroxylation is 2. The number of hydrogen-bond donors (Lipinski definition) is 1. The molecule has 21 heavy (non-hydrogen) atoms. The van der Waals surface area contributed by atoms with Crippen LogP contribution >= 0.6 is 0 Å². The van der Waals surface area contributed by atoms with Crippen molar-refractivity contribution in [3.05, 3.63) is 41.7 Å². The molecular formula is C17H19N3O. The number of rotatable bonds is 4. The van der Waals surface area contributed by atoms with Crippen LogP contribution in [0.2, 0.25) is 0 Å². The van der Waals surface area contributed by atoms with E-state index in [1.54, 1.807) is 0 Å². The first-order valence-electron chi connectivity index (χ1n) is 7.26. The van der Waals surface area contributed by atoms with Crippen LogP contribution in [0.25, 0.3) is 22.4 Å². The maximum atomic E-state index is 5.91. The highest BCUT2D eigenvalue weighted by molar-refractivity contribution is 5.83. The zero-order valence-corrected chi connectivity index (χ0v) is 12.6. The van der Waals surface area contributed by atoms with Gasteiger partial charge in [0.05, 0.1) is 0 Å². The van der Waals surface area contributed by atoms with E-state index < -0.39 is 0 Å². The van der Waals surface area contributed by atoms with Crippen LogP contribution in [0.3, 0.4) is 0 Å². The molecular weight excluding hydrogens is 262 g/mol. The van der Waals surface area contributed by atoms with E-state index in [1.807, 2.05) is 25.1 Å². The number of benzene rings is 1. The third-order valence-electron chi connectivity index (χ3n) is 3.32. The largest absolute Gasteiger partial charge is 0.454 e. The number of nitrogens with one attached hydrogen (secondary N) is 1. The average molecular weight is 281 g/mol. The molecule has 0 amide bonds. The van der Waals surface area contributed by atoms with Gasteiger partial charge >= 0.3 is 0 Å². The van der Waals surface area contributed by atoms with Crippen LogP contribution in [0.1, 0.15) is 24.7 Å². The van der Waals surface area contributed by atoms with Gasteiger partial charge in [0.1, 0.15) is 22.9 Å². The summed E-state index contributed by atoms with van der Waals surface area (Å²) in [5.74, 6) is 2.36. The van der Waals surface area contributed by atoms with Gasteiger partial charge in [-0.25, -0.2) is 9.97 Å². The zero-order valence-electron chi connectivity index (χ0n) is 12.6. The van der Waals surface area contributed by atoms with Gasteiger partial charge in [-0.15, -0.1) is 0 Å². The molecule has 1 N–H and O–H groups in total. The van der Waals surface area contributed by atoms with E-state index in [1.165, 1.54) is 5.56 Å². The molecule has 0 aliphatic heterocycles. The first-order chi connectivity index (χ1) is 10.2. The molecule has 3 rings (SSSR count). The number of furan rings is 1. The molecule has 0 saturated carbocycles. The summed E-state index contributed by atoms with van der Waals surface area (Å²) < 4.78 is 5.91. The highest BCUT2D eigenvalue weighted by Crippen LogP contribution is 2.28.